The normalized spacial score (nSPS) is 17.0. The second-order valence-corrected chi connectivity index (χ2v) is 7.58. The molecular formula is C23H27NO3. The molecule has 2 aromatic carbocycles. The molecular weight excluding hydrogens is 338 g/mol. The van der Waals surface area contributed by atoms with E-state index in [1.165, 1.54) is 0 Å². The molecule has 0 radical (unpaired) electrons. The van der Waals surface area contributed by atoms with Crippen LogP contribution in [-0.4, -0.2) is 29.7 Å². The van der Waals surface area contributed by atoms with E-state index in [0.29, 0.717) is 30.2 Å². The quantitative estimate of drug-likeness (QED) is 0.681. The van der Waals surface area contributed by atoms with Crippen LogP contribution in [0.1, 0.15) is 43.5 Å². The number of amides is 1. The van der Waals surface area contributed by atoms with Gasteiger partial charge in [-0.25, -0.2) is 0 Å². The minimum absolute atomic E-state index is 0.114. The zero-order valence-corrected chi connectivity index (χ0v) is 16.1. The summed E-state index contributed by atoms with van der Waals surface area (Å²) in [4.78, 5) is 27.1. The van der Waals surface area contributed by atoms with Gasteiger partial charge in [0.15, 0.2) is 5.78 Å². The monoisotopic (exact) mass is 365 g/mol. The van der Waals surface area contributed by atoms with Gasteiger partial charge in [-0.3, -0.25) is 9.59 Å². The molecule has 1 fully saturated rings. The van der Waals surface area contributed by atoms with Crippen LogP contribution in [0.3, 0.4) is 0 Å². The summed E-state index contributed by atoms with van der Waals surface area (Å²) in [5.41, 5.74) is 0.679. The van der Waals surface area contributed by atoms with Crippen molar-refractivity contribution in [3.05, 3.63) is 60.2 Å². The van der Waals surface area contributed by atoms with Gasteiger partial charge in [-0.15, -0.1) is 0 Å². The number of ether oxygens (including phenoxy) is 1. The van der Waals surface area contributed by atoms with Gasteiger partial charge in [-0.2, -0.15) is 0 Å². The SMILES string of the molecule is CC(C)CC(=O)N1CCC[C@@H](C(=O)c2ccc(Oc3ccccc3)cc2)C1. The van der Waals surface area contributed by atoms with Crippen LogP contribution < -0.4 is 4.74 Å². The van der Waals surface area contributed by atoms with Crippen molar-refractivity contribution in [2.75, 3.05) is 13.1 Å². The van der Waals surface area contributed by atoms with Gasteiger partial charge in [0.1, 0.15) is 11.5 Å². The third-order valence-corrected chi connectivity index (χ3v) is 4.85. The zero-order chi connectivity index (χ0) is 19.2. The summed E-state index contributed by atoms with van der Waals surface area (Å²) >= 11 is 0. The summed E-state index contributed by atoms with van der Waals surface area (Å²) in [6.07, 6.45) is 2.27. The van der Waals surface area contributed by atoms with Crippen molar-refractivity contribution in [1.82, 2.24) is 4.90 Å². The van der Waals surface area contributed by atoms with Gasteiger partial charge in [0, 0.05) is 31.0 Å². The summed E-state index contributed by atoms with van der Waals surface area (Å²) in [5.74, 6) is 1.97. The molecule has 1 atom stereocenters. The summed E-state index contributed by atoms with van der Waals surface area (Å²) in [6.45, 7) is 5.39. The molecule has 0 N–H and O–H groups in total. The molecule has 1 aliphatic heterocycles. The molecule has 1 aliphatic rings. The lowest BCUT2D eigenvalue weighted by molar-refractivity contribution is -0.133. The lowest BCUT2D eigenvalue weighted by atomic mass is 9.89. The summed E-state index contributed by atoms with van der Waals surface area (Å²) in [5, 5.41) is 0. The van der Waals surface area contributed by atoms with Crippen LogP contribution in [0.5, 0.6) is 11.5 Å². The topological polar surface area (TPSA) is 46.6 Å². The highest BCUT2D eigenvalue weighted by Crippen LogP contribution is 2.25. The van der Waals surface area contributed by atoms with Crippen molar-refractivity contribution in [2.24, 2.45) is 11.8 Å². The number of benzene rings is 2. The Bertz CT molecular complexity index is 768. The molecule has 1 amide bonds. The second-order valence-electron chi connectivity index (χ2n) is 7.58. The maximum Gasteiger partial charge on any atom is 0.222 e. The molecule has 0 spiro atoms. The molecule has 4 nitrogen and oxygen atoms in total. The highest BCUT2D eigenvalue weighted by atomic mass is 16.5. The van der Waals surface area contributed by atoms with Crippen LogP contribution in [0.25, 0.3) is 0 Å². The van der Waals surface area contributed by atoms with Gasteiger partial charge < -0.3 is 9.64 Å². The predicted octanol–water partition coefficient (Wildman–Crippen LogP) is 4.95. The molecule has 0 bridgehead atoms. The Morgan fingerprint density at radius 1 is 1.04 bits per heavy atom. The Balaban J connectivity index is 1.62. The number of rotatable bonds is 6. The van der Waals surface area contributed by atoms with Crippen LogP contribution in [0.2, 0.25) is 0 Å². The van der Waals surface area contributed by atoms with E-state index in [1.807, 2.05) is 73.3 Å². The Morgan fingerprint density at radius 2 is 1.70 bits per heavy atom. The molecule has 0 unspecified atom stereocenters. The number of nitrogens with zero attached hydrogens (tertiary/aromatic N) is 1. The lowest BCUT2D eigenvalue weighted by Crippen LogP contribution is -2.42. The van der Waals surface area contributed by atoms with Crippen LogP contribution in [0.4, 0.5) is 0 Å². The Labute approximate surface area is 161 Å². The van der Waals surface area contributed by atoms with Crippen LogP contribution >= 0.6 is 0 Å². The molecule has 3 rings (SSSR count). The lowest BCUT2D eigenvalue weighted by Gasteiger charge is -2.32. The maximum atomic E-state index is 12.9. The fraction of sp³-hybridized carbons (Fsp3) is 0.391. The molecule has 2 aromatic rings. The average molecular weight is 365 g/mol. The van der Waals surface area contributed by atoms with Gasteiger partial charge in [-0.1, -0.05) is 32.0 Å². The number of likely N-dealkylation sites (tertiary alicyclic amines) is 1. The Hall–Kier alpha value is -2.62. The van der Waals surface area contributed by atoms with Gasteiger partial charge in [0.05, 0.1) is 0 Å². The molecule has 0 aromatic heterocycles. The number of carbonyl (C=O) groups excluding carboxylic acids is 2. The fourth-order valence-electron chi connectivity index (χ4n) is 3.44. The van der Waals surface area contributed by atoms with Crippen LogP contribution in [0.15, 0.2) is 54.6 Å². The first-order chi connectivity index (χ1) is 13.0. The molecule has 142 valence electrons. The van der Waals surface area contributed by atoms with E-state index in [1.54, 1.807) is 0 Å². The number of piperidine rings is 1. The third kappa shape index (κ3) is 5.19. The molecule has 4 heteroatoms. The van der Waals surface area contributed by atoms with Gasteiger partial charge in [0.2, 0.25) is 5.91 Å². The van der Waals surface area contributed by atoms with Crippen molar-refractivity contribution in [3.63, 3.8) is 0 Å². The van der Waals surface area contributed by atoms with Gasteiger partial charge in [0.25, 0.3) is 0 Å². The maximum absolute atomic E-state index is 12.9. The van der Waals surface area contributed by atoms with Gasteiger partial charge >= 0.3 is 0 Å². The fourth-order valence-corrected chi connectivity index (χ4v) is 3.44. The van der Waals surface area contributed by atoms with E-state index in [2.05, 4.69) is 0 Å². The summed E-state index contributed by atoms with van der Waals surface area (Å²) in [6, 6.07) is 16.8. The van der Waals surface area contributed by atoms with Crippen LogP contribution in [-0.2, 0) is 4.79 Å². The summed E-state index contributed by atoms with van der Waals surface area (Å²) in [7, 11) is 0. The minimum Gasteiger partial charge on any atom is -0.457 e. The summed E-state index contributed by atoms with van der Waals surface area (Å²) < 4.78 is 5.78. The highest BCUT2D eigenvalue weighted by Gasteiger charge is 2.29. The number of ketones is 1. The molecule has 0 aliphatic carbocycles. The minimum atomic E-state index is -0.115. The van der Waals surface area contributed by atoms with Gasteiger partial charge in [-0.05, 0) is 55.2 Å². The first-order valence-electron chi connectivity index (χ1n) is 9.68. The van der Waals surface area contributed by atoms with E-state index in [9.17, 15) is 9.59 Å². The number of hydrogen-bond acceptors (Lipinski definition) is 3. The average Bonchev–Trinajstić information content (AvgIpc) is 2.68. The first-order valence-corrected chi connectivity index (χ1v) is 9.68. The molecule has 27 heavy (non-hydrogen) atoms. The van der Waals surface area contributed by atoms with Crippen molar-refractivity contribution in [3.8, 4) is 11.5 Å². The van der Waals surface area contributed by atoms with E-state index in [0.717, 1.165) is 25.1 Å². The zero-order valence-electron chi connectivity index (χ0n) is 16.1. The first kappa shape index (κ1) is 19.2. The Morgan fingerprint density at radius 3 is 2.37 bits per heavy atom. The number of hydrogen-bond donors (Lipinski definition) is 0. The number of Topliss-reactive ketones (excluding diaryl/α,β-unsaturated/α-hetero) is 1. The highest BCUT2D eigenvalue weighted by molar-refractivity contribution is 5.98. The second kappa shape index (κ2) is 8.85. The Kier molecular flexibility index (Phi) is 6.28. The predicted molar refractivity (Wildman–Crippen MR) is 106 cm³/mol. The van der Waals surface area contributed by atoms with Crippen LogP contribution in [0, 0.1) is 11.8 Å². The van der Waals surface area contributed by atoms with Crippen molar-refractivity contribution in [2.45, 2.75) is 33.1 Å². The van der Waals surface area contributed by atoms with E-state index in [-0.39, 0.29) is 17.6 Å². The van der Waals surface area contributed by atoms with Crippen molar-refractivity contribution >= 4 is 11.7 Å². The number of para-hydroxylation sites is 1. The molecule has 1 heterocycles. The standard InChI is InChI=1S/C23H27NO3/c1-17(2)15-22(25)24-14-6-7-19(16-24)23(26)18-10-12-21(13-11-18)27-20-8-4-3-5-9-20/h3-5,8-13,17,19H,6-7,14-16H2,1-2H3/t19-/m1/s1. The molecule has 0 saturated carbocycles. The molecule has 1 saturated heterocycles. The van der Waals surface area contributed by atoms with E-state index < -0.39 is 0 Å². The number of carbonyl (C=O) groups is 2. The smallest absolute Gasteiger partial charge is 0.222 e. The van der Waals surface area contributed by atoms with E-state index in [4.69, 9.17) is 4.74 Å². The van der Waals surface area contributed by atoms with Crippen molar-refractivity contribution < 1.29 is 14.3 Å². The van der Waals surface area contributed by atoms with Crippen molar-refractivity contribution in [1.29, 1.82) is 0 Å². The largest absolute Gasteiger partial charge is 0.457 e. The third-order valence-electron chi connectivity index (χ3n) is 4.85. The van der Waals surface area contributed by atoms with E-state index >= 15 is 0 Å².